The van der Waals surface area contributed by atoms with Crippen LogP contribution in [0, 0.1) is 20.2 Å². The van der Waals surface area contributed by atoms with Gasteiger partial charge in [-0.25, -0.2) is 0 Å². The van der Waals surface area contributed by atoms with Crippen LogP contribution in [0.5, 0.6) is 0 Å². The van der Waals surface area contributed by atoms with Crippen LogP contribution in [0.4, 0.5) is 22.7 Å². The van der Waals surface area contributed by atoms with E-state index in [4.69, 9.17) is 36.9 Å². The van der Waals surface area contributed by atoms with Crippen LogP contribution in [0.2, 0.25) is 0 Å². The fourth-order valence-electron chi connectivity index (χ4n) is 2.58. The van der Waals surface area contributed by atoms with Crippen molar-refractivity contribution in [3.05, 3.63) is 68.8 Å². The molecule has 14 nitrogen and oxygen atoms in total. The molecule has 0 radical (unpaired) electrons. The lowest BCUT2D eigenvalue weighted by atomic mass is 10.3. The molecule has 200 valence electrons. The lowest BCUT2D eigenvalue weighted by Crippen LogP contribution is -2.38. The SMILES string of the molecule is C.NC1OCCO1.O=[N+]([O-])c1ccccc1N=C=S.O=[N+]([O-])c1ccccc1NC(=S)NC1OCCO1. The van der Waals surface area contributed by atoms with Crippen molar-refractivity contribution in [1.82, 2.24) is 5.32 Å². The highest BCUT2D eigenvalue weighted by atomic mass is 32.1. The van der Waals surface area contributed by atoms with E-state index in [0.29, 0.717) is 32.1 Å². The average molecular weight is 555 g/mol. The molecule has 2 saturated heterocycles. The molecule has 0 atom stereocenters. The molecule has 0 amide bonds. The van der Waals surface area contributed by atoms with E-state index in [-0.39, 0.29) is 29.6 Å². The highest BCUT2D eigenvalue weighted by Crippen LogP contribution is 2.25. The average Bonchev–Trinajstić information content (AvgIpc) is 3.54. The fourth-order valence-corrected chi connectivity index (χ4v) is 2.89. The number of nitro groups is 2. The Hall–Kier alpha value is -3.47. The van der Waals surface area contributed by atoms with E-state index in [2.05, 4.69) is 33.0 Å². The maximum absolute atomic E-state index is 10.8. The number of para-hydroxylation sites is 4. The molecule has 0 aliphatic carbocycles. The standard InChI is InChI=1S/C10H11N3O4S.C7H4N2O2S.C3H7NO2.CH4/c14-13(15)8-4-2-1-3-7(8)11-9(18)12-10-16-5-6-17-10;10-9(11)7-4-2-1-3-6(7)8-5-12;4-3-5-1-2-6-3;/h1-4,10H,5-6H2,(H2,11,12,18);1-4H;3H,1-2,4H2;1H4. The zero-order valence-corrected chi connectivity index (χ0v) is 20.2. The second kappa shape index (κ2) is 17.1. The summed E-state index contributed by atoms with van der Waals surface area (Å²) in [6, 6.07) is 12.3. The van der Waals surface area contributed by atoms with Gasteiger partial charge in [0.1, 0.15) is 5.69 Å². The predicted molar refractivity (Wildman–Crippen MR) is 143 cm³/mol. The van der Waals surface area contributed by atoms with Gasteiger partial charge in [0.15, 0.2) is 10.8 Å². The minimum absolute atomic E-state index is 0. The molecule has 2 aromatic carbocycles. The maximum Gasteiger partial charge on any atom is 0.295 e. The number of hydrogen-bond acceptors (Lipinski definition) is 12. The van der Waals surface area contributed by atoms with Crippen molar-refractivity contribution in [2.24, 2.45) is 10.7 Å². The molecule has 4 rings (SSSR count). The molecule has 2 fully saturated rings. The molecule has 0 unspecified atom stereocenters. The first-order chi connectivity index (χ1) is 17.3. The van der Waals surface area contributed by atoms with Crippen molar-refractivity contribution in [1.29, 1.82) is 0 Å². The Labute approximate surface area is 223 Å². The largest absolute Gasteiger partial charge is 0.338 e. The van der Waals surface area contributed by atoms with Gasteiger partial charge in [-0.2, -0.15) is 4.99 Å². The summed E-state index contributed by atoms with van der Waals surface area (Å²) in [6.07, 6.45) is -1.06. The van der Waals surface area contributed by atoms with Crippen LogP contribution >= 0.6 is 24.4 Å². The number of isothiocyanates is 1. The van der Waals surface area contributed by atoms with Gasteiger partial charge in [0.05, 0.1) is 41.4 Å². The van der Waals surface area contributed by atoms with Crippen molar-refractivity contribution in [2.45, 2.75) is 20.3 Å². The van der Waals surface area contributed by atoms with Gasteiger partial charge in [-0.3, -0.25) is 26.0 Å². The molecule has 0 aromatic heterocycles. The Kier molecular flexibility index (Phi) is 14.6. The van der Waals surface area contributed by atoms with Gasteiger partial charge in [-0.1, -0.05) is 31.7 Å². The Morgan fingerprint density at radius 1 is 0.946 bits per heavy atom. The molecule has 2 aromatic rings. The first kappa shape index (κ1) is 31.6. The summed E-state index contributed by atoms with van der Waals surface area (Å²) in [7, 11) is 0. The zero-order chi connectivity index (χ0) is 26.3. The molecule has 0 bridgehead atoms. The van der Waals surface area contributed by atoms with Crippen LogP contribution in [-0.2, 0) is 18.9 Å². The van der Waals surface area contributed by atoms with Gasteiger partial charge in [-0.05, 0) is 36.6 Å². The second-order valence-electron chi connectivity index (χ2n) is 6.51. The lowest BCUT2D eigenvalue weighted by Gasteiger charge is -2.14. The molecule has 2 aliphatic rings. The summed E-state index contributed by atoms with van der Waals surface area (Å²) < 4.78 is 19.7. The van der Waals surface area contributed by atoms with E-state index in [1.54, 1.807) is 30.3 Å². The molecular weight excluding hydrogens is 528 g/mol. The van der Waals surface area contributed by atoms with E-state index in [0.717, 1.165) is 0 Å². The van der Waals surface area contributed by atoms with Crippen LogP contribution in [0.3, 0.4) is 0 Å². The van der Waals surface area contributed by atoms with Crippen molar-refractivity contribution in [3.8, 4) is 0 Å². The zero-order valence-electron chi connectivity index (χ0n) is 18.6. The Morgan fingerprint density at radius 3 is 1.97 bits per heavy atom. The summed E-state index contributed by atoms with van der Waals surface area (Å²) in [5.41, 5.74) is 5.53. The van der Waals surface area contributed by atoms with Crippen LogP contribution in [0.25, 0.3) is 0 Å². The first-order valence-electron chi connectivity index (χ1n) is 10.2. The van der Waals surface area contributed by atoms with Gasteiger partial charge in [-0.15, -0.1) is 0 Å². The van der Waals surface area contributed by atoms with Gasteiger partial charge in [0, 0.05) is 12.1 Å². The lowest BCUT2D eigenvalue weighted by molar-refractivity contribution is -0.384. The number of benzene rings is 2. The summed E-state index contributed by atoms with van der Waals surface area (Å²) in [5.74, 6) is 0. The number of hydrogen-bond donors (Lipinski definition) is 3. The second-order valence-corrected chi connectivity index (χ2v) is 7.10. The van der Waals surface area contributed by atoms with E-state index >= 15 is 0 Å². The molecule has 16 heteroatoms. The molecule has 0 spiro atoms. The number of nitrogens with zero attached hydrogens (tertiary/aromatic N) is 3. The number of nitro benzene ring substituents is 2. The minimum atomic E-state index is -0.604. The van der Waals surface area contributed by atoms with Gasteiger partial charge in [0.2, 0.25) is 12.8 Å². The number of nitrogens with two attached hydrogens (primary N) is 1. The number of ether oxygens (including phenoxy) is 4. The maximum atomic E-state index is 10.8. The third-order valence-electron chi connectivity index (χ3n) is 4.11. The predicted octanol–water partition coefficient (Wildman–Crippen LogP) is 3.45. The fraction of sp³-hybridized carbons (Fsp3) is 0.333. The molecule has 2 heterocycles. The minimum Gasteiger partial charge on any atom is -0.338 e. The van der Waals surface area contributed by atoms with Crippen molar-refractivity contribution in [3.63, 3.8) is 0 Å². The Morgan fingerprint density at radius 2 is 1.46 bits per heavy atom. The van der Waals surface area contributed by atoms with Crippen LogP contribution in [-0.4, -0.2) is 59.4 Å². The Balaban J connectivity index is 0.000000310. The van der Waals surface area contributed by atoms with Gasteiger partial charge in [0.25, 0.3) is 11.4 Å². The molecule has 4 N–H and O–H groups in total. The third kappa shape index (κ3) is 11.4. The number of thiocarbonyl (C=S) groups is 2. The summed E-state index contributed by atoms with van der Waals surface area (Å²) in [6.45, 7) is 2.26. The van der Waals surface area contributed by atoms with Crippen LogP contribution in [0.1, 0.15) is 7.43 Å². The Bertz CT molecular complexity index is 1070. The quantitative estimate of drug-likeness (QED) is 0.211. The highest BCUT2D eigenvalue weighted by Gasteiger charge is 2.18. The molecule has 2 aliphatic heterocycles. The molecule has 0 saturated carbocycles. The van der Waals surface area contributed by atoms with E-state index in [9.17, 15) is 20.2 Å². The van der Waals surface area contributed by atoms with Crippen LogP contribution in [0.15, 0.2) is 53.5 Å². The third-order valence-corrected chi connectivity index (χ3v) is 4.42. The number of aliphatic imine (C=N–C) groups is 1. The van der Waals surface area contributed by atoms with E-state index in [1.165, 1.54) is 18.2 Å². The van der Waals surface area contributed by atoms with Crippen molar-refractivity contribution < 1.29 is 28.8 Å². The number of nitrogens with one attached hydrogen (secondary N) is 2. The molecule has 37 heavy (non-hydrogen) atoms. The topological polar surface area (TPSA) is 186 Å². The molecular formula is C21H26N6O8S2. The smallest absolute Gasteiger partial charge is 0.295 e. The van der Waals surface area contributed by atoms with Crippen LogP contribution < -0.4 is 16.4 Å². The summed E-state index contributed by atoms with van der Waals surface area (Å²) in [4.78, 5) is 23.7. The van der Waals surface area contributed by atoms with Gasteiger partial charge >= 0.3 is 0 Å². The van der Waals surface area contributed by atoms with Crippen molar-refractivity contribution in [2.75, 3.05) is 31.7 Å². The summed E-state index contributed by atoms with van der Waals surface area (Å²) >= 11 is 9.35. The normalized spacial score (nSPS) is 14.4. The number of rotatable bonds is 5. The first-order valence-corrected chi connectivity index (χ1v) is 11.0. The summed E-state index contributed by atoms with van der Waals surface area (Å²) in [5, 5.41) is 29.0. The highest BCUT2D eigenvalue weighted by molar-refractivity contribution is 7.80. The number of anilines is 1. The monoisotopic (exact) mass is 554 g/mol. The van der Waals surface area contributed by atoms with E-state index < -0.39 is 22.7 Å². The van der Waals surface area contributed by atoms with Crippen molar-refractivity contribution >= 4 is 57.5 Å². The van der Waals surface area contributed by atoms with Gasteiger partial charge < -0.3 is 29.6 Å². The van der Waals surface area contributed by atoms with E-state index in [1.807, 2.05) is 0 Å².